The second kappa shape index (κ2) is 6.78. The molecule has 0 aliphatic heterocycles. The maximum Gasteiger partial charge on any atom is 0.191 e. The molecule has 1 aromatic rings. The van der Waals surface area contributed by atoms with Crippen molar-refractivity contribution in [1.82, 2.24) is 15.8 Å². The van der Waals surface area contributed by atoms with Crippen LogP contribution < -0.4 is 10.6 Å². The Morgan fingerprint density at radius 3 is 2.50 bits per heavy atom. The quantitative estimate of drug-likeness (QED) is 0.470. The molecule has 0 bridgehead atoms. The molecule has 0 saturated heterocycles. The molecule has 1 atom stereocenters. The van der Waals surface area contributed by atoms with Crippen LogP contribution in [-0.4, -0.2) is 24.7 Å². The Labute approximate surface area is 138 Å². The summed E-state index contributed by atoms with van der Waals surface area (Å²) in [7, 11) is 1.79. The Balaban J connectivity index is 0.00000200. The van der Waals surface area contributed by atoms with Gasteiger partial charge in [-0.05, 0) is 31.6 Å². The fourth-order valence-electron chi connectivity index (χ4n) is 2.29. The number of nitrogens with zero attached hydrogens (tertiary/aromatic N) is 2. The van der Waals surface area contributed by atoms with Crippen molar-refractivity contribution in [2.75, 3.05) is 13.6 Å². The summed E-state index contributed by atoms with van der Waals surface area (Å²) < 4.78 is 5.15. The van der Waals surface area contributed by atoms with E-state index in [1.807, 2.05) is 13.8 Å². The fourth-order valence-corrected chi connectivity index (χ4v) is 2.29. The van der Waals surface area contributed by atoms with E-state index in [0.29, 0.717) is 12.0 Å². The summed E-state index contributed by atoms with van der Waals surface area (Å²) >= 11 is 0. The molecule has 20 heavy (non-hydrogen) atoms. The predicted molar refractivity (Wildman–Crippen MR) is 91.5 cm³/mol. The topological polar surface area (TPSA) is 62.5 Å². The van der Waals surface area contributed by atoms with Gasteiger partial charge in [-0.25, -0.2) is 0 Å². The number of aliphatic imine (C=N–C) groups is 1. The third-order valence-corrected chi connectivity index (χ3v) is 4.07. The van der Waals surface area contributed by atoms with Crippen molar-refractivity contribution in [3.63, 3.8) is 0 Å². The monoisotopic (exact) mass is 392 g/mol. The number of aryl methyl sites for hydroxylation is 2. The molecule has 6 heteroatoms. The number of hydrogen-bond donors (Lipinski definition) is 2. The summed E-state index contributed by atoms with van der Waals surface area (Å²) in [6.45, 7) is 10.2. The molecule has 1 unspecified atom stereocenters. The van der Waals surface area contributed by atoms with E-state index in [9.17, 15) is 0 Å². The van der Waals surface area contributed by atoms with E-state index in [-0.39, 0.29) is 24.0 Å². The summed E-state index contributed by atoms with van der Waals surface area (Å²) in [6.07, 6.45) is 1.29. The first kappa shape index (κ1) is 17.3. The van der Waals surface area contributed by atoms with Crippen LogP contribution in [0, 0.1) is 25.2 Å². The van der Waals surface area contributed by atoms with Crippen LogP contribution in [-0.2, 0) is 6.54 Å². The van der Waals surface area contributed by atoms with E-state index in [0.717, 1.165) is 35.4 Å². The molecular formula is C14H25IN4O. The lowest BCUT2D eigenvalue weighted by Crippen LogP contribution is -2.38. The highest BCUT2D eigenvalue weighted by Crippen LogP contribution is 2.50. The van der Waals surface area contributed by atoms with E-state index in [1.54, 1.807) is 7.05 Å². The van der Waals surface area contributed by atoms with Gasteiger partial charge in [0.2, 0.25) is 0 Å². The lowest BCUT2D eigenvalue weighted by atomic mass is 10.1. The van der Waals surface area contributed by atoms with Crippen molar-refractivity contribution in [1.29, 1.82) is 0 Å². The molecular weight excluding hydrogens is 367 g/mol. The van der Waals surface area contributed by atoms with Crippen molar-refractivity contribution in [2.45, 2.75) is 40.7 Å². The molecule has 1 heterocycles. The summed E-state index contributed by atoms with van der Waals surface area (Å²) in [4.78, 5) is 4.24. The van der Waals surface area contributed by atoms with Crippen LogP contribution in [0.1, 0.15) is 37.3 Å². The van der Waals surface area contributed by atoms with Gasteiger partial charge >= 0.3 is 0 Å². The lowest BCUT2D eigenvalue weighted by molar-refractivity contribution is 0.392. The normalized spacial score (nSPS) is 20.2. The Bertz CT molecular complexity index is 462. The lowest BCUT2D eigenvalue weighted by Gasteiger charge is -2.12. The molecule has 5 nitrogen and oxygen atoms in total. The molecule has 1 aliphatic carbocycles. The van der Waals surface area contributed by atoms with Gasteiger partial charge < -0.3 is 15.2 Å². The Hall–Kier alpha value is -0.790. The molecule has 1 fully saturated rings. The van der Waals surface area contributed by atoms with Gasteiger partial charge in [0.25, 0.3) is 0 Å². The first-order valence-corrected chi connectivity index (χ1v) is 6.80. The van der Waals surface area contributed by atoms with Gasteiger partial charge in [0.1, 0.15) is 5.76 Å². The highest BCUT2D eigenvalue weighted by Gasteiger charge is 2.45. The first-order chi connectivity index (χ1) is 8.94. The molecule has 2 N–H and O–H groups in total. The molecule has 0 aromatic carbocycles. The molecule has 1 saturated carbocycles. The average molecular weight is 392 g/mol. The first-order valence-electron chi connectivity index (χ1n) is 6.80. The maximum absolute atomic E-state index is 5.15. The van der Waals surface area contributed by atoms with Crippen LogP contribution >= 0.6 is 24.0 Å². The summed E-state index contributed by atoms with van der Waals surface area (Å²) in [5, 5.41) is 10.6. The van der Waals surface area contributed by atoms with E-state index in [1.165, 1.54) is 6.42 Å². The summed E-state index contributed by atoms with van der Waals surface area (Å²) in [5.74, 6) is 2.46. The van der Waals surface area contributed by atoms with Crippen LogP contribution in [0.2, 0.25) is 0 Å². The van der Waals surface area contributed by atoms with Crippen LogP contribution in [0.25, 0.3) is 0 Å². The summed E-state index contributed by atoms with van der Waals surface area (Å²) in [6, 6.07) is 0. The van der Waals surface area contributed by atoms with Crippen LogP contribution in [0.4, 0.5) is 0 Å². The molecule has 0 radical (unpaired) electrons. The van der Waals surface area contributed by atoms with Crippen molar-refractivity contribution < 1.29 is 4.52 Å². The van der Waals surface area contributed by atoms with Crippen LogP contribution in [0.15, 0.2) is 9.52 Å². The minimum absolute atomic E-state index is 0. The van der Waals surface area contributed by atoms with Crippen molar-refractivity contribution in [3.8, 4) is 0 Å². The number of hydrogen-bond acceptors (Lipinski definition) is 3. The SMILES string of the molecule is CN=C(NCc1c(C)noc1C)NCC1CC1(C)C.I. The van der Waals surface area contributed by atoms with Crippen LogP contribution in [0.5, 0.6) is 0 Å². The number of guanidine groups is 1. The van der Waals surface area contributed by atoms with E-state index in [2.05, 4.69) is 34.6 Å². The third-order valence-electron chi connectivity index (χ3n) is 4.07. The van der Waals surface area contributed by atoms with E-state index < -0.39 is 0 Å². The fraction of sp³-hybridized carbons (Fsp3) is 0.714. The van der Waals surface area contributed by atoms with Gasteiger partial charge in [0.05, 0.1) is 5.69 Å². The Morgan fingerprint density at radius 1 is 1.40 bits per heavy atom. The third kappa shape index (κ3) is 4.10. The van der Waals surface area contributed by atoms with Crippen molar-refractivity contribution >= 4 is 29.9 Å². The second-order valence-corrected chi connectivity index (χ2v) is 6.00. The smallest absolute Gasteiger partial charge is 0.191 e. The van der Waals surface area contributed by atoms with Gasteiger partial charge in [-0.15, -0.1) is 24.0 Å². The van der Waals surface area contributed by atoms with Gasteiger partial charge in [-0.2, -0.15) is 0 Å². The minimum Gasteiger partial charge on any atom is -0.361 e. The standard InChI is InChI=1S/C14H24N4O.HI/c1-9-12(10(2)19-18-9)8-17-13(15-5)16-7-11-6-14(11,3)4;/h11H,6-8H2,1-5H3,(H2,15,16,17);1H. The molecule has 2 rings (SSSR count). The minimum atomic E-state index is 0. The zero-order valence-corrected chi connectivity index (χ0v) is 15.2. The molecule has 0 spiro atoms. The summed E-state index contributed by atoms with van der Waals surface area (Å²) in [5.41, 5.74) is 2.53. The van der Waals surface area contributed by atoms with Crippen LogP contribution in [0.3, 0.4) is 0 Å². The number of nitrogens with one attached hydrogen (secondary N) is 2. The van der Waals surface area contributed by atoms with E-state index in [4.69, 9.17) is 4.52 Å². The van der Waals surface area contributed by atoms with Gasteiger partial charge in [0, 0.05) is 25.7 Å². The number of halogens is 1. The Kier molecular flexibility index (Phi) is 5.85. The maximum atomic E-state index is 5.15. The predicted octanol–water partition coefficient (Wildman–Crippen LogP) is 2.62. The zero-order valence-electron chi connectivity index (χ0n) is 12.9. The average Bonchev–Trinajstić information content (AvgIpc) is 2.85. The van der Waals surface area contributed by atoms with Crippen molar-refractivity contribution in [2.24, 2.45) is 16.3 Å². The molecule has 114 valence electrons. The number of aromatic nitrogens is 1. The molecule has 0 amide bonds. The van der Waals surface area contributed by atoms with Gasteiger partial charge in [-0.1, -0.05) is 19.0 Å². The largest absolute Gasteiger partial charge is 0.361 e. The van der Waals surface area contributed by atoms with Gasteiger partial charge in [-0.3, -0.25) is 4.99 Å². The van der Waals surface area contributed by atoms with Crippen molar-refractivity contribution in [3.05, 3.63) is 17.0 Å². The highest BCUT2D eigenvalue weighted by atomic mass is 127. The highest BCUT2D eigenvalue weighted by molar-refractivity contribution is 14.0. The Morgan fingerprint density at radius 2 is 2.05 bits per heavy atom. The van der Waals surface area contributed by atoms with Gasteiger partial charge in [0.15, 0.2) is 5.96 Å². The second-order valence-electron chi connectivity index (χ2n) is 6.00. The molecule has 1 aromatic heterocycles. The number of rotatable bonds is 4. The van der Waals surface area contributed by atoms with E-state index >= 15 is 0 Å². The molecule has 1 aliphatic rings. The zero-order chi connectivity index (χ0) is 14.0.